The highest BCUT2D eigenvalue weighted by Gasteiger charge is 2.16. The largest absolute Gasteiger partial charge is 0.454 e. The van der Waals surface area contributed by atoms with Gasteiger partial charge in [-0.3, -0.25) is 0 Å². The Hall–Kier alpha value is -2.30. The zero-order valence-electron chi connectivity index (χ0n) is 10.0. The lowest BCUT2D eigenvalue weighted by Gasteiger charge is -2.07. The fraction of sp³-hybridized carbons (Fsp3) is 0.231. The van der Waals surface area contributed by atoms with Crippen LogP contribution in [0.2, 0.25) is 0 Å². The summed E-state index contributed by atoms with van der Waals surface area (Å²) in [7, 11) is 0. The van der Waals surface area contributed by atoms with Gasteiger partial charge in [0.15, 0.2) is 11.5 Å². The van der Waals surface area contributed by atoms with Gasteiger partial charge in [0.05, 0.1) is 5.69 Å². The number of para-hydroxylation sites is 1. The predicted octanol–water partition coefficient (Wildman–Crippen LogP) is 2.13. The number of fused-ring (bicyclic) bond motifs is 1. The van der Waals surface area contributed by atoms with Crippen molar-refractivity contribution in [3.8, 4) is 11.5 Å². The molecule has 5 heteroatoms. The normalized spacial score (nSPS) is 12.5. The Morgan fingerprint density at radius 1 is 1.17 bits per heavy atom. The van der Waals surface area contributed by atoms with E-state index in [1.54, 1.807) is 0 Å². The molecule has 0 spiro atoms. The number of anilines is 1. The summed E-state index contributed by atoms with van der Waals surface area (Å²) in [5.74, 6) is 2.35. The number of nitrogens with one attached hydrogen (secondary N) is 1. The molecule has 0 bridgehead atoms. The van der Waals surface area contributed by atoms with Crippen LogP contribution in [-0.4, -0.2) is 17.0 Å². The van der Waals surface area contributed by atoms with E-state index in [4.69, 9.17) is 9.47 Å². The number of hydrogen-bond donors (Lipinski definition) is 1. The molecule has 92 valence electrons. The minimum atomic E-state index is 0.288. The van der Waals surface area contributed by atoms with E-state index < -0.39 is 0 Å². The second kappa shape index (κ2) is 4.52. The van der Waals surface area contributed by atoms with Crippen LogP contribution in [0.4, 0.5) is 5.82 Å². The van der Waals surface area contributed by atoms with Gasteiger partial charge in [0.2, 0.25) is 6.79 Å². The third-order valence-corrected chi connectivity index (χ3v) is 2.74. The van der Waals surface area contributed by atoms with Gasteiger partial charge in [-0.05, 0) is 25.1 Å². The van der Waals surface area contributed by atoms with E-state index in [1.807, 2.05) is 37.3 Å². The molecule has 0 amide bonds. The molecule has 1 aliphatic rings. The van der Waals surface area contributed by atoms with E-state index in [2.05, 4.69) is 15.5 Å². The van der Waals surface area contributed by atoms with E-state index in [-0.39, 0.29) is 6.79 Å². The first-order valence-corrected chi connectivity index (χ1v) is 5.74. The van der Waals surface area contributed by atoms with E-state index in [1.165, 1.54) is 0 Å². The molecule has 5 nitrogen and oxygen atoms in total. The molecule has 0 fully saturated rings. The summed E-state index contributed by atoms with van der Waals surface area (Å²) >= 11 is 0. The van der Waals surface area contributed by atoms with Crippen LogP contribution in [-0.2, 0) is 6.54 Å². The summed E-state index contributed by atoms with van der Waals surface area (Å²) < 4.78 is 10.8. The maximum Gasteiger partial charge on any atom is 0.231 e. The minimum absolute atomic E-state index is 0.288. The molecule has 0 radical (unpaired) electrons. The van der Waals surface area contributed by atoms with Crippen molar-refractivity contribution in [1.82, 2.24) is 10.2 Å². The van der Waals surface area contributed by atoms with Gasteiger partial charge in [-0.1, -0.05) is 12.1 Å². The van der Waals surface area contributed by atoms with Crippen molar-refractivity contribution in [2.75, 3.05) is 12.1 Å². The molecule has 1 aromatic heterocycles. The van der Waals surface area contributed by atoms with Crippen LogP contribution >= 0.6 is 0 Å². The molecule has 2 heterocycles. The molecule has 0 atom stereocenters. The molecule has 3 rings (SSSR count). The van der Waals surface area contributed by atoms with Crippen molar-refractivity contribution in [3.63, 3.8) is 0 Å². The second-order valence-electron chi connectivity index (χ2n) is 4.06. The summed E-state index contributed by atoms with van der Waals surface area (Å²) in [4.78, 5) is 0. The SMILES string of the molecule is Cc1ccc(NCc2cccc3c2OCO3)nn1. The maximum absolute atomic E-state index is 5.44. The quantitative estimate of drug-likeness (QED) is 0.894. The van der Waals surface area contributed by atoms with E-state index in [0.717, 1.165) is 28.6 Å². The van der Waals surface area contributed by atoms with Crippen molar-refractivity contribution >= 4 is 5.82 Å². The van der Waals surface area contributed by atoms with E-state index >= 15 is 0 Å². The van der Waals surface area contributed by atoms with Gasteiger partial charge < -0.3 is 14.8 Å². The Morgan fingerprint density at radius 2 is 2.11 bits per heavy atom. The molecular weight excluding hydrogens is 230 g/mol. The zero-order valence-corrected chi connectivity index (χ0v) is 10.0. The number of aromatic nitrogens is 2. The molecule has 18 heavy (non-hydrogen) atoms. The molecule has 0 saturated heterocycles. The van der Waals surface area contributed by atoms with Crippen LogP contribution in [0.3, 0.4) is 0 Å². The lowest BCUT2D eigenvalue weighted by molar-refractivity contribution is 0.173. The van der Waals surface area contributed by atoms with Gasteiger partial charge in [-0.2, -0.15) is 5.10 Å². The average Bonchev–Trinajstić information content (AvgIpc) is 2.87. The summed E-state index contributed by atoms with van der Waals surface area (Å²) in [5, 5.41) is 11.3. The minimum Gasteiger partial charge on any atom is -0.454 e. The van der Waals surface area contributed by atoms with Crippen molar-refractivity contribution in [2.24, 2.45) is 0 Å². The van der Waals surface area contributed by atoms with Gasteiger partial charge in [-0.15, -0.1) is 5.10 Å². The number of rotatable bonds is 3. The van der Waals surface area contributed by atoms with Crippen molar-refractivity contribution in [1.29, 1.82) is 0 Å². The van der Waals surface area contributed by atoms with E-state index in [0.29, 0.717) is 6.54 Å². The molecule has 0 saturated carbocycles. The maximum atomic E-state index is 5.44. The standard InChI is InChI=1S/C13H13N3O2/c1-9-5-6-12(16-15-9)14-7-10-3-2-4-11-13(10)18-8-17-11/h2-6H,7-8H2,1H3,(H,14,16). The Kier molecular flexibility index (Phi) is 2.72. The van der Waals surface area contributed by atoms with Gasteiger partial charge in [0.25, 0.3) is 0 Å². The first kappa shape index (κ1) is 10.8. The van der Waals surface area contributed by atoms with Crippen molar-refractivity contribution < 1.29 is 9.47 Å². The van der Waals surface area contributed by atoms with Crippen LogP contribution in [0.1, 0.15) is 11.3 Å². The average molecular weight is 243 g/mol. The van der Waals surface area contributed by atoms with Crippen LogP contribution < -0.4 is 14.8 Å². The summed E-state index contributed by atoms with van der Waals surface area (Å²) in [6, 6.07) is 9.68. The highest BCUT2D eigenvalue weighted by Crippen LogP contribution is 2.35. The fourth-order valence-electron chi connectivity index (χ4n) is 1.81. The van der Waals surface area contributed by atoms with Gasteiger partial charge in [-0.25, -0.2) is 0 Å². The first-order chi connectivity index (χ1) is 8.83. The Morgan fingerprint density at radius 3 is 2.94 bits per heavy atom. The molecule has 1 aromatic carbocycles. The van der Waals surface area contributed by atoms with Crippen molar-refractivity contribution in [3.05, 3.63) is 41.6 Å². The Bertz CT molecular complexity index is 555. The Labute approximate surface area is 105 Å². The fourth-order valence-corrected chi connectivity index (χ4v) is 1.81. The molecule has 1 N–H and O–H groups in total. The smallest absolute Gasteiger partial charge is 0.231 e. The first-order valence-electron chi connectivity index (χ1n) is 5.74. The van der Waals surface area contributed by atoms with E-state index in [9.17, 15) is 0 Å². The lowest BCUT2D eigenvalue weighted by Crippen LogP contribution is -2.03. The van der Waals surface area contributed by atoms with Gasteiger partial charge in [0, 0.05) is 12.1 Å². The topological polar surface area (TPSA) is 56.3 Å². The number of hydrogen-bond acceptors (Lipinski definition) is 5. The predicted molar refractivity (Wildman–Crippen MR) is 66.7 cm³/mol. The molecule has 2 aromatic rings. The number of nitrogens with zero attached hydrogens (tertiary/aromatic N) is 2. The van der Waals surface area contributed by atoms with Crippen LogP contribution in [0, 0.1) is 6.92 Å². The zero-order chi connectivity index (χ0) is 12.4. The summed E-state index contributed by atoms with van der Waals surface area (Å²) in [6.07, 6.45) is 0. The highest BCUT2D eigenvalue weighted by atomic mass is 16.7. The number of benzene rings is 1. The van der Waals surface area contributed by atoms with Crippen LogP contribution in [0.5, 0.6) is 11.5 Å². The number of aryl methyl sites for hydroxylation is 1. The highest BCUT2D eigenvalue weighted by molar-refractivity contribution is 5.49. The summed E-state index contributed by atoms with van der Waals surface area (Å²) in [5.41, 5.74) is 1.95. The monoisotopic (exact) mass is 243 g/mol. The lowest BCUT2D eigenvalue weighted by atomic mass is 10.2. The summed E-state index contributed by atoms with van der Waals surface area (Å²) in [6.45, 7) is 2.83. The van der Waals surface area contributed by atoms with Crippen LogP contribution in [0.15, 0.2) is 30.3 Å². The van der Waals surface area contributed by atoms with Gasteiger partial charge >= 0.3 is 0 Å². The Balaban J connectivity index is 1.74. The number of ether oxygens (including phenoxy) is 2. The molecule has 0 aliphatic carbocycles. The molecule has 0 unspecified atom stereocenters. The molecule has 1 aliphatic heterocycles. The van der Waals surface area contributed by atoms with Gasteiger partial charge in [0.1, 0.15) is 5.82 Å². The van der Waals surface area contributed by atoms with Crippen molar-refractivity contribution in [2.45, 2.75) is 13.5 Å². The molecular formula is C13H13N3O2. The second-order valence-corrected chi connectivity index (χ2v) is 4.06. The van der Waals surface area contributed by atoms with Crippen LogP contribution in [0.25, 0.3) is 0 Å². The third kappa shape index (κ3) is 2.07. The third-order valence-electron chi connectivity index (χ3n) is 2.74.